The summed E-state index contributed by atoms with van der Waals surface area (Å²) in [7, 11) is 3.50. The van der Waals surface area contributed by atoms with E-state index in [1.807, 2.05) is 35.2 Å². The second-order valence-corrected chi connectivity index (χ2v) is 8.12. The van der Waals surface area contributed by atoms with Gasteiger partial charge in [0.25, 0.3) is 0 Å². The van der Waals surface area contributed by atoms with Crippen LogP contribution in [0.5, 0.6) is 0 Å². The molecule has 164 valence electrons. The lowest BCUT2D eigenvalue weighted by atomic mass is 10.2. The van der Waals surface area contributed by atoms with Crippen LogP contribution in [0.1, 0.15) is 18.4 Å². The van der Waals surface area contributed by atoms with Crippen LogP contribution in [-0.4, -0.2) is 104 Å². The SMILES string of the molecule is CN(C)C(=O)CNC(=NCc1ccccc1)N1CCN(CC(=O)N2CCCC2)CC1. The van der Waals surface area contributed by atoms with Crippen molar-refractivity contribution in [3.05, 3.63) is 35.9 Å². The Morgan fingerprint density at radius 2 is 1.63 bits per heavy atom. The van der Waals surface area contributed by atoms with Crippen LogP contribution in [0.3, 0.4) is 0 Å². The van der Waals surface area contributed by atoms with Crippen LogP contribution in [0, 0.1) is 0 Å². The predicted octanol–water partition coefficient (Wildman–Crippen LogP) is 0.460. The largest absolute Gasteiger partial charge is 0.347 e. The summed E-state index contributed by atoms with van der Waals surface area (Å²) in [6.07, 6.45) is 2.25. The first kappa shape index (κ1) is 22.1. The van der Waals surface area contributed by atoms with Crippen LogP contribution >= 0.6 is 0 Å². The van der Waals surface area contributed by atoms with E-state index in [-0.39, 0.29) is 18.4 Å². The van der Waals surface area contributed by atoms with Gasteiger partial charge in [-0.2, -0.15) is 0 Å². The number of amides is 2. The number of likely N-dealkylation sites (N-methyl/N-ethyl adjacent to an activating group) is 1. The maximum atomic E-state index is 12.4. The number of nitrogens with zero attached hydrogens (tertiary/aromatic N) is 5. The summed E-state index contributed by atoms with van der Waals surface area (Å²) in [5, 5.41) is 3.23. The van der Waals surface area contributed by atoms with Gasteiger partial charge in [0.1, 0.15) is 0 Å². The normalized spacial score (nSPS) is 17.9. The molecule has 0 radical (unpaired) electrons. The van der Waals surface area contributed by atoms with Gasteiger partial charge in [0.2, 0.25) is 11.8 Å². The number of carbonyl (C=O) groups excluding carboxylic acids is 2. The van der Waals surface area contributed by atoms with Crippen molar-refractivity contribution in [2.75, 3.05) is 66.5 Å². The molecule has 1 N–H and O–H groups in total. The lowest BCUT2D eigenvalue weighted by Gasteiger charge is -2.36. The number of piperazine rings is 1. The van der Waals surface area contributed by atoms with Gasteiger partial charge in [0, 0.05) is 53.4 Å². The van der Waals surface area contributed by atoms with Crippen LogP contribution in [0.15, 0.2) is 35.3 Å². The van der Waals surface area contributed by atoms with Gasteiger partial charge in [-0.25, -0.2) is 4.99 Å². The monoisotopic (exact) mass is 414 g/mol. The molecular weight excluding hydrogens is 380 g/mol. The highest BCUT2D eigenvalue weighted by molar-refractivity contribution is 5.86. The predicted molar refractivity (Wildman–Crippen MR) is 118 cm³/mol. The Morgan fingerprint density at radius 1 is 0.967 bits per heavy atom. The number of hydrogen-bond donors (Lipinski definition) is 1. The molecule has 2 aliphatic heterocycles. The smallest absolute Gasteiger partial charge is 0.241 e. The molecule has 0 unspecified atom stereocenters. The number of rotatable bonds is 6. The Labute approximate surface area is 179 Å². The molecule has 0 bridgehead atoms. The first-order valence-electron chi connectivity index (χ1n) is 10.8. The Morgan fingerprint density at radius 3 is 2.27 bits per heavy atom. The molecule has 3 rings (SSSR count). The molecule has 8 nitrogen and oxygen atoms in total. The molecule has 0 aromatic heterocycles. The summed E-state index contributed by atoms with van der Waals surface area (Å²) in [6.45, 7) is 6.27. The quantitative estimate of drug-likeness (QED) is 0.541. The highest BCUT2D eigenvalue weighted by atomic mass is 16.2. The highest BCUT2D eigenvalue weighted by Gasteiger charge is 2.25. The second-order valence-electron chi connectivity index (χ2n) is 8.12. The molecule has 0 aliphatic carbocycles. The molecule has 0 atom stereocenters. The number of aliphatic imine (C=N–C) groups is 1. The maximum Gasteiger partial charge on any atom is 0.241 e. The molecule has 2 aliphatic rings. The van der Waals surface area contributed by atoms with Gasteiger partial charge < -0.3 is 20.0 Å². The van der Waals surface area contributed by atoms with Crippen molar-refractivity contribution >= 4 is 17.8 Å². The fourth-order valence-electron chi connectivity index (χ4n) is 3.71. The zero-order valence-corrected chi connectivity index (χ0v) is 18.2. The molecule has 2 fully saturated rings. The van der Waals surface area contributed by atoms with Crippen LogP contribution in [-0.2, 0) is 16.1 Å². The van der Waals surface area contributed by atoms with E-state index in [1.165, 1.54) is 0 Å². The Bertz CT molecular complexity index is 722. The maximum absolute atomic E-state index is 12.4. The van der Waals surface area contributed by atoms with Crippen molar-refractivity contribution in [2.24, 2.45) is 4.99 Å². The molecule has 0 saturated carbocycles. The van der Waals surface area contributed by atoms with E-state index in [9.17, 15) is 9.59 Å². The third kappa shape index (κ3) is 6.45. The molecule has 1 aromatic rings. The van der Waals surface area contributed by atoms with E-state index in [4.69, 9.17) is 4.99 Å². The molecule has 8 heteroatoms. The van der Waals surface area contributed by atoms with E-state index in [0.29, 0.717) is 13.1 Å². The third-order valence-corrected chi connectivity index (χ3v) is 5.64. The zero-order chi connectivity index (χ0) is 21.3. The van der Waals surface area contributed by atoms with Crippen LogP contribution in [0.25, 0.3) is 0 Å². The van der Waals surface area contributed by atoms with Gasteiger partial charge in [-0.1, -0.05) is 30.3 Å². The summed E-state index contributed by atoms with van der Waals surface area (Å²) in [6, 6.07) is 10.1. The number of hydrogen-bond acceptors (Lipinski definition) is 4. The summed E-state index contributed by atoms with van der Waals surface area (Å²) in [4.78, 5) is 37.2. The minimum atomic E-state index is 0.0113. The van der Waals surface area contributed by atoms with Crippen molar-refractivity contribution in [3.63, 3.8) is 0 Å². The van der Waals surface area contributed by atoms with Crippen molar-refractivity contribution in [2.45, 2.75) is 19.4 Å². The standard InChI is InChI=1S/C22H34N6O2/c1-25(2)20(29)17-24-22(23-16-19-8-4-3-5-9-19)28-14-12-26(13-15-28)18-21(30)27-10-6-7-11-27/h3-5,8-9H,6-7,10-18H2,1-2H3,(H,23,24). The molecule has 1 aromatic carbocycles. The minimum absolute atomic E-state index is 0.0113. The summed E-state index contributed by atoms with van der Waals surface area (Å²) in [5.74, 6) is 1.01. The van der Waals surface area contributed by atoms with Crippen LogP contribution in [0.2, 0.25) is 0 Å². The summed E-state index contributed by atoms with van der Waals surface area (Å²) in [5.41, 5.74) is 1.13. The van der Waals surface area contributed by atoms with Crippen LogP contribution in [0.4, 0.5) is 0 Å². The van der Waals surface area contributed by atoms with Crippen molar-refractivity contribution in [1.29, 1.82) is 0 Å². The molecule has 2 saturated heterocycles. The molecule has 2 heterocycles. The lowest BCUT2D eigenvalue weighted by molar-refractivity contribution is -0.131. The zero-order valence-electron chi connectivity index (χ0n) is 18.2. The van der Waals surface area contributed by atoms with Gasteiger partial charge in [-0.15, -0.1) is 0 Å². The van der Waals surface area contributed by atoms with E-state index in [2.05, 4.69) is 15.1 Å². The van der Waals surface area contributed by atoms with E-state index >= 15 is 0 Å². The van der Waals surface area contributed by atoms with Crippen molar-refractivity contribution in [1.82, 2.24) is 24.9 Å². The minimum Gasteiger partial charge on any atom is -0.347 e. The first-order valence-corrected chi connectivity index (χ1v) is 10.8. The van der Waals surface area contributed by atoms with Gasteiger partial charge in [-0.3, -0.25) is 14.5 Å². The Kier molecular flexibility index (Phi) is 8.07. The van der Waals surface area contributed by atoms with Crippen molar-refractivity contribution in [3.8, 4) is 0 Å². The Balaban J connectivity index is 1.56. The lowest BCUT2D eigenvalue weighted by Crippen LogP contribution is -2.55. The number of guanidine groups is 1. The van der Waals surface area contributed by atoms with Crippen LogP contribution < -0.4 is 5.32 Å². The molecular formula is C22H34N6O2. The number of likely N-dealkylation sites (tertiary alicyclic amines) is 1. The average molecular weight is 415 g/mol. The topological polar surface area (TPSA) is 71.5 Å². The van der Waals surface area contributed by atoms with Gasteiger partial charge in [0.05, 0.1) is 19.6 Å². The van der Waals surface area contributed by atoms with Crippen molar-refractivity contribution < 1.29 is 9.59 Å². The van der Waals surface area contributed by atoms with Gasteiger partial charge in [0.15, 0.2) is 5.96 Å². The number of carbonyl (C=O) groups is 2. The van der Waals surface area contributed by atoms with E-state index < -0.39 is 0 Å². The third-order valence-electron chi connectivity index (χ3n) is 5.64. The van der Waals surface area contributed by atoms with Gasteiger partial charge >= 0.3 is 0 Å². The summed E-state index contributed by atoms with van der Waals surface area (Å²) >= 11 is 0. The highest BCUT2D eigenvalue weighted by Crippen LogP contribution is 2.10. The number of nitrogens with one attached hydrogen (secondary N) is 1. The first-order chi connectivity index (χ1) is 14.5. The second kappa shape index (κ2) is 11.0. The average Bonchev–Trinajstić information content (AvgIpc) is 3.30. The van der Waals surface area contributed by atoms with Gasteiger partial charge in [-0.05, 0) is 18.4 Å². The molecule has 0 spiro atoms. The fraction of sp³-hybridized carbons (Fsp3) is 0.591. The van der Waals surface area contributed by atoms with E-state index in [0.717, 1.165) is 63.6 Å². The number of benzene rings is 1. The summed E-state index contributed by atoms with van der Waals surface area (Å²) < 4.78 is 0. The Hall–Kier alpha value is -2.61. The van der Waals surface area contributed by atoms with E-state index in [1.54, 1.807) is 19.0 Å². The molecule has 2 amide bonds. The fourth-order valence-corrected chi connectivity index (χ4v) is 3.71. The molecule has 30 heavy (non-hydrogen) atoms.